The number of hydrogen-bond acceptors (Lipinski definition) is 2. The molecular formula is C15H23F3N2O2. The highest BCUT2D eigenvalue weighted by atomic mass is 19.4. The lowest BCUT2D eigenvalue weighted by atomic mass is 9.96. The number of alkyl halides is 3. The van der Waals surface area contributed by atoms with Crippen LogP contribution in [0.2, 0.25) is 0 Å². The van der Waals surface area contributed by atoms with Gasteiger partial charge >= 0.3 is 6.18 Å². The van der Waals surface area contributed by atoms with E-state index in [1.54, 1.807) is 18.7 Å². The molecule has 0 aromatic rings. The van der Waals surface area contributed by atoms with Gasteiger partial charge in [0, 0.05) is 25.7 Å². The Morgan fingerprint density at radius 3 is 2.45 bits per heavy atom. The maximum atomic E-state index is 12.5. The molecular weight excluding hydrogens is 297 g/mol. The van der Waals surface area contributed by atoms with Gasteiger partial charge < -0.3 is 9.80 Å². The third-order valence-electron chi connectivity index (χ3n) is 3.56. The Labute approximate surface area is 128 Å². The topological polar surface area (TPSA) is 40.6 Å². The van der Waals surface area contributed by atoms with Crippen molar-refractivity contribution in [2.24, 2.45) is 5.92 Å². The smallest absolute Gasteiger partial charge is 0.338 e. The number of rotatable bonds is 4. The van der Waals surface area contributed by atoms with Gasteiger partial charge in [-0.1, -0.05) is 5.57 Å². The van der Waals surface area contributed by atoms with Crippen LogP contribution in [-0.2, 0) is 9.59 Å². The molecule has 0 radical (unpaired) electrons. The van der Waals surface area contributed by atoms with Crippen LogP contribution in [0.25, 0.3) is 0 Å². The van der Waals surface area contributed by atoms with Gasteiger partial charge in [-0.3, -0.25) is 9.59 Å². The molecule has 126 valence electrons. The first-order valence-electron chi connectivity index (χ1n) is 7.43. The Bertz CT molecular complexity index is 443. The zero-order valence-electron chi connectivity index (χ0n) is 13.2. The second kappa shape index (κ2) is 7.65. The van der Waals surface area contributed by atoms with Gasteiger partial charge in [0.1, 0.15) is 6.54 Å². The highest BCUT2D eigenvalue weighted by molar-refractivity contribution is 5.89. The summed E-state index contributed by atoms with van der Waals surface area (Å²) in [5.41, 5.74) is 0.853. The zero-order chi connectivity index (χ0) is 16.9. The molecule has 0 spiro atoms. The summed E-state index contributed by atoms with van der Waals surface area (Å²) >= 11 is 0. The first-order chi connectivity index (χ1) is 10.1. The predicted octanol–water partition coefficient (Wildman–Crippen LogP) is 2.60. The van der Waals surface area contributed by atoms with Gasteiger partial charge in [0.05, 0.1) is 5.92 Å². The minimum Gasteiger partial charge on any atom is -0.338 e. The zero-order valence-corrected chi connectivity index (χ0v) is 13.2. The summed E-state index contributed by atoms with van der Waals surface area (Å²) < 4.78 is 37.5. The number of carbonyl (C=O) groups excluding carboxylic acids is 2. The Kier molecular flexibility index (Phi) is 6.44. The van der Waals surface area contributed by atoms with E-state index in [1.807, 2.05) is 0 Å². The molecule has 0 aromatic carbocycles. The van der Waals surface area contributed by atoms with Gasteiger partial charge in [0.15, 0.2) is 0 Å². The molecule has 0 aromatic heterocycles. The molecule has 0 bridgehead atoms. The maximum absolute atomic E-state index is 12.5. The minimum atomic E-state index is -4.40. The average Bonchev–Trinajstić information content (AvgIpc) is 2.42. The van der Waals surface area contributed by atoms with E-state index < -0.39 is 24.5 Å². The molecule has 0 N–H and O–H groups in total. The molecule has 0 saturated carbocycles. The third-order valence-corrected chi connectivity index (χ3v) is 3.56. The van der Waals surface area contributed by atoms with Gasteiger partial charge in [-0.05, 0) is 33.6 Å². The molecule has 2 amide bonds. The van der Waals surface area contributed by atoms with Crippen LogP contribution >= 0.6 is 0 Å². The summed E-state index contributed by atoms with van der Waals surface area (Å²) in [5.74, 6) is -1.25. The van der Waals surface area contributed by atoms with Crippen molar-refractivity contribution in [3.05, 3.63) is 11.6 Å². The maximum Gasteiger partial charge on any atom is 0.406 e. The number of halogens is 3. The molecule has 7 heteroatoms. The fourth-order valence-electron chi connectivity index (χ4n) is 2.54. The summed E-state index contributed by atoms with van der Waals surface area (Å²) in [6, 6.07) is 0. The van der Waals surface area contributed by atoms with Crippen molar-refractivity contribution in [3.8, 4) is 0 Å². The van der Waals surface area contributed by atoms with Crippen molar-refractivity contribution < 1.29 is 22.8 Å². The fourth-order valence-corrected chi connectivity index (χ4v) is 2.54. The van der Waals surface area contributed by atoms with Gasteiger partial charge in [0.2, 0.25) is 11.8 Å². The van der Waals surface area contributed by atoms with E-state index in [9.17, 15) is 22.8 Å². The Morgan fingerprint density at radius 2 is 1.95 bits per heavy atom. The first kappa shape index (κ1) is 18.5. The number of piperidine rings is 1. The quantitative estimate of drug-likeness (QED) is 0.747. The monoisotopic (exact) mass is 320 g/mol. The van der Waals surface area contributed by atoms with Gasteiger partial charge in [0.25, 0.3) is 0 Å². The van der Waals surface area contributed by atoms with Crippen LogP contribution in [0.15, 0.2) is 11.6 Å². The summed E-state index contributed by atoms with van der Waals surface area (Å²) in [4.78, 5) is 26.6. The lowest BCUT2D eigenvalue weighted by molar-refractivity contribution is -0.164. The average molecular weight is 320 g/mol. The molecule has 1 rings (SSSR count). The summed E-state index contributed by atoms with van der Waals surface area (Å²) in [7, 11) is 0. The van der Waals surface area contributed by atoms with Crippen molar-refractivity contribution in [1.82, 2.24) is 9.80 Å². The molecule has 1 aliphatic heterocycles. The van der Waals surface area contributed by atoms with Crippen LogP contribution in [-0.4, -0.2) is 54.0 Å². The third kappa shape index (κ3) is 5.69. The molecule has 1 atom stereocenters. The van der Waals surface area contributed by atoms with Crippen LogP contribution in [0.1, 0.15) is 33.6 Å². The van der Waals surface area contributed by atoms with E-state index in [0.29, 0.717) is 19.4 Å². The standard InChI is InChI=1S/C15H23F3N2O2/c1-4-19(10-15(16,17)18)14(22)12-6-5-7-20(9-12)13(21)8-11(2)3/h8,12H,4-7,9-10H2,1-3H3/t12-/m1/s1. The van der Waals surface area contributed by atoms with Crippen LogP contribution in [0.5, 0.6) is 0 Å². The van der Waals surface area contributed by atoms with Crippen LogP contribution in [0.3, 0.4) is 0 Å². The van der Waals surface area contributed by atoms with Crippen molar-refractivity contribution in [3.63, 3.8) is 0 Å². The van der Waals surface area contributed by atoms with Gasteiger partial charge in [-0.2, -0.15) is 13.2 Å². The number of carbonyl (C=O) groups is 2. The van der Waals surface area contributed by atoms with E-state index >= 15 is 0 Å². The van der Waals surface area contributed by atoms with Crippen LogP contribution in [0, 0.1) is 5.92 Å². The SMILES string of the molecule is CCN(CC(F)(F)F)C(=O)[C@@H]1CCCN(C(=O)C=C(C)C)C1. The summed E-state index contributed by atoms with van der Waals surface area (Å²) in [6.45, 7) is 4.63. The molecule has 1 aliphatic rings. The molecule has 1 heterocycles. The fraction of sp³-hybridized carbons (Fsp3) is 0.733. The van der Waals surface area contributed by atoms with Gasteiger partial charge in [-0.15, -0.1) is 0 Å². The first-order valence-corrected chi connectivity index (χ1v) is 7.43. The van der Waals surface area contributed by atoms with Crippen molar-refractivity contribution in [2.45, 2.75) is 39.8 Å². The Hall–Kier alpha value is -1.53. The van der Waals surface area contributed by atoms with Crippen molar-refractivity contribution in [1.29, 1.82) is 0 Å². The number of hydrogen-bond donors (Lipinski definition) is 0. The summed E-state index contributed by atoms with van der Waals surface area (Å²) in [6.07, 6.45) is -1.77. The van der Waals surface area contributed by atoms with Gasteiger partial charge in [-0.25, -0.2) is 0 Å². The Morgan fingerprint density at radius 1 is 1.32 bits per heavy atom. The number of allylic oxidation sites excluding steroid dienone is 1. The van der Waals surface area contributed by atoms with E-state index in [0.717, 1.165) is 10.5 Å². The number of nitrogens with zero attached hydrogens (tertiary/aromatic N) is 2. The van der Waals surface area contributed by atoms with Crippen molar-refractivity contribution >= 4 is 11.8 Å². The largest absolute Gasteiger partial charge is 0.406 e. The number of likely N-dealkylation sites (tertiary alicyclic amines) is 1. The summed E-state index contributed by atoms with van der Waals surface area (Å²) in [5, 5.41) is 0. The van der Waals surface area contributed by atoms with E-state index in [-0.39, 0.29) is 19.0 Å². The number of amides is 2. The van der Waals surface area contributed by atoms with Crippen LogP contribution in [0.4, 0.5) is 13.2 Å². The predicted molar refractivity (Wildman–Crippen MR) is 77.0 cm³/mol. The highest BCUT2D eigenvalue weighted by Gasteiger charge is 2.36. The van der Waals surface area contributed by atoms with E-state index in [2.05, 4.69) is 0 Å². The van der Waals surface area contributed by atoms with Crippen LogP contribution < -0.4 is 0 Å². The lowest BCUT2D eigenvalue weighted by Gasteiger charge is -2.34. The molecule has 1 fully saturated rings. The van der Waals surface area contributed by atoms with Crippen molar-refractivity contribution in [2.75, 3.05) is 26.2 Å². The molecule has 0 aliphatic carbocycles. The minimum absolute atomic E-state index is 0.0107. The molecule has 0 unspecified atom stereocenters. The molecule has 4 nitrogen and oxygen atoms in total. The Balaban J connectivity index is 2.73. The van der Waals surface area contributed by atoms with E-state index in [1.165, 1.54) is 13.0 Å². The molecule has 1 saturated heterocycles. The second-order valence-corrected chi connectivity index (χ2v) is 5.81. The highest BCUT2D eigenvalue weighted by Crippen LogP contribution is 2.22. The normalized spacial score (nSPS) is 18.8. The molecule has 22 heavy (non-hydrogen) atoms. The lowest BCUT2D eigenvalue weighted by Crippen LogP contribution is -2.48. The second-order valence-electron chi connectivity index (χ2n) is 5.81. The van der Waals surface area contributed by atoms with E-state index in [4.69, 9.17) is 0 Å².